The number of aliphatic hydroxyl groups is 1. The number of amides is 1. The zero-order valence-electron chi connectivity index (χ0n) is 12.5. The quantitative estimate of drug-likeness (QED) is 0.840. The number of carbonyl (C=O) groups excluding carboxylic acids is 1. The van der Waals surface area contributed by atoms with Gasteiger partial charge in [0.2, 0.25) is 0 Å². The highest BCUT2D eigenvalue weighted by molar-refractivity contribution is 6.30. The van der Waals surface area contributed by atoms with Gasteiger partial charge in [-0.3, -0.25) is 4.79 Å². The smallest absolute Gasteiger partial charge is 0.258 e. The zero-order chi connectivity index (χ0) is 17.5. The number of nitriles is 1. The van der Waals surface area contributed by atoms with Crippen LogP contribution in [0.2, 0.25) is 5.02 Å². The number of nitrogens with zero attached hydrogens (tertiary/aromatic N) is 1. The molecule has 24 heavy (non-hydrogen) atoms. The fraction of sp³-hybridized carbons (Fsp3) is 0.176. The first-order valence-corrected chi connectivity index (χ1v) is 7.40. The first-order chi connectivity index (χ1) is 11.5. The summed E-state index contributed by atoms with van der Waals surface area (Å²) in [6, 6.07) is 12.4. The van der Waals surface area contributed by atoms with E-state index >= 15 is 0 Å². The number of benzene rings is 2. The average Bonchev–Trinajstić information content (AvgIpc) is 2.60. The van der Waals surface area contributed by atoms with E-state index < -0.39 is 17.8 Å². The molecule has 0 aliphatic rings. The Kier molecular flexibility index (Phi) is 6.13. The van der Waals surface area contributed by atoms with Crippen molar-refractivity contribution in [2.75, 3.05) is 13.2 Å². The van der Waals surface area contributed by atoms with E-state index in [1.165, 1.54) is 12.1 Å². The van der Waals surface area contributed by atoms with Crippen molar-refractivity contribution in [2.24, 2.45) is 0 Å². The lowest BCUT2D eigenvalue weighted by Gasteiger charge is -2.13. The van der Waals surface area contributed by atoms with Crippen molar-refractivity contribution >= 4 is 17.5 Å². The number of nitrogens with one attached hydrogen (secondary N) is 1. The second kappa shape index (κ2) is 8.29. The molecule has 7 heteroatoms. The summed E-state index contributed by atoms with van der Waals surface area (Å²) in [5.74, 6) is -0.817. The van der Waals surface area contributed by atoms with Crippen LogP contribution < -0.4 is 10.1 Å². The minimum atomic E-state index is -1.08. The third-order valence-electron chi connectivity index (χ3n) is 3.19. The van der Waals surface area contributed by atoms with Crippen molar-refractivity contribution < 1.29 is 19.0 Å². The first kappa shape index (κ1) is 17.7. The second-order valence-corrected chi connectivity index (χ2v) is 5.30. The molecule has 0 aliphatic heterocycles. The Balaban J connectivity index is 1.84. The molecule has 2 aromatic carbocycles. The molecule has 0 fully saturated rings. The van der Waals surface area contributed by atoms with Gasteiger partial charge < -0.3 is 15.2 Å². The second-order valence-electron chi connectivity index (χ2n) is 4.89. The summed E-state index contributed by atoms with van der Waals surface area (Å²) in [4.78, 5) is 11.7. The van der Waals surface area contributed by atoms with Crippen LogP contribution in [0.5, 0.6) is 5.75 Å². The van der Waals surface area contributed by atoms with Gasteiger partial charge in [-0.15, -0.1) is 0 Å². The number of rotatable bonds is 6. The Bertz CT molecular complexity index is 777. The van der Waals surface area contributed by atoms with E-state index in [2.05, 4.69) is 5.32 Å². The molecule has 0 heterocycles. The Morgan fingerprint density at radius 3 is 2.83 bits per heavy atom. The molecule has 0 bridgehead atoms. The predicted molar refractivity (Wildman–Crippen MR) is 86.0 cm³/mol. The molecule has 0 saturated carbocycles. The van der Waals surface area contributed by atoms with E-state index in [1.54, 1.807) is 24.3 Å². The number of ether oxygens (including phenoxy) is 1. The van der Waals surface area contributed by atoms with E-state index in [0.29, 0.717) is 16.9 Å². The minimum absolute atomic E-state index is 0.0421. The van der Waals surface area contributed by atoms with E-state index in [0.717, 1.165) is 6.07 Å². The van der Waals surface area contributed by atoms with E-state index in [1.807, 2.05) is 6.07 Å². The third kappa shape index (κ3) is 4.69. The molecule has 0 radical (unpaired) electrons. The Morgan fingerprint density at radius 2 is 2.12 bits per heavy atom. The third-order valence-corrected chi connectivity index (χ3v) is 3.49. The number of aliphatic hydroxyl groups excluding tert-OH is 1. The zero-order valence-corrected chi connectivity index (χ0v) is 13.3. The number of hydrogen-bond acceptors (Lipinski definition) is 4. The molecule has 0 aromatic heterocycles. The van der Waals surface area contributed by atoms with E-state index in [9.17, 15) is 14.3 Å². The topological polar surface area (TPSA) is 82.3 Å². The maximum Gasteiger partial charge on any atom is 0.258 e. The summed E-state index contributed by atoms with van der Waals surface area (Å²) < 4.78 is 18.6. The summed E-state index contributed by atoms with van der Waals surface area (Å²) in [5.41, 5.74) is 0.620. The van der Waals surface area contributed by atoms with E-state index in [-0.39, 0.29) is 18.2 Å². The highest BCUT2D eigenvalue weighted by Gasteiger charge is 2.12. The van der Waals surface area contributed by atoms with Gasteiger partial charge in [-0.05, 0) is 29.8 Å². The van der Waals surface area contributed by atoms with Crippen molar-refractivity contribution in [3.05, 3.63) is 64.4 Å². The van der Waals surface area contributed by atoms with Crippen LogP contribution in [0.1, 0.15) is 17.2 Å². The highest BCUT2D eigenvalue weighted by atomic mass is 35.5. The van der Waals surface area contributed by atoms with Crippen LogP contribution in [0.25, 0.3) is 0 Å². The van der Waals surface area contributed by atoms with Crippen LogP contribution in [0.4, 0.5) is 4.39 Å². The lowest BCUT2D eigenvalue weighted by molar-refractivity contribution is -0.123. The SMILES string of the molecule is N#Cc1ccccc1OCC(=O)NCC(O)c1ccc(Cl)c(F)c1. The Hall–Kier alpha value is -2.62. The molecule has 1 atom stereocenters. The Labute approximate surface area is 143 Å². The summed E-state index contributed by atoms with van der Waals surface area (Å²) in [6.07, 6.45) is -1.08. The van der Waals surface area contributed by atoms with Gasteiger partial charge in [-0.25, -0.2) is 4.39 Å². The molecule has 1 amide bonds. The highest BCUT2D eigenvalue weighted by Crippen LogP contribution is 2.20. The fourth-order valence-electron chi connectivity index (χ4n) is 1.93. The number of hydrogen-bond donors (Lipinski definition) is 2. The largest absolute Gasteiger partial charge is 0.482 e. The molecule has 1 unspecified atom stereocenters. The van der Waals surface area contributed by atoms with Crippen LogP contribution in [-0.4, -0.2) is 24.2 Å². The molecule has 2 N–H and O–H groups in total. The van der Waals surface area contributed by atoms with Crippen molar-refractivity contribution in [3.63, 3.8) is 0 Å². The summed E-state index contributed by atoms with van der Waals surface area (Å²) in [7, 11) is 0. The van der Waals surface area contributed by atoms with Crippen molar-refractivity contribution in [3.8, 4) is 11.8 Å². The molecular weight excluding hydrogens is 335 g/mol. The van der Waals surface area contributed by atoms with Gasteiger partial charge in [0, 0.05) is 6.54 Å². The molecule has 0 saturated heterocycles. The van der Waals surface area contributed by atoms with Gasteiger partial charge >= 0.3 is 0 Å². The number of carbonyl (C=O) groups is 1. The summed E-state index contributed by atoms with van der Waals surface area (Å²) >= 11 is 5.57. The van der Waals surface area contributed by atoms with Crippen molar-refractivity contribution in [2.45, 2.75) is 6.10 Å². The molecule has 5 nitrogen and oxygen atoms in total. The minimum Gasteiger partial charge on any atom is -0.482 e. The molecule has 0 aliphatic carbocycles. The van der Waals surface area contributed by atoms with Crippen molar-refractivity contribution in [1.29, 1.82) is 5.26 Å². The van der Waals surface area contributed by atoms with Gasteiger partial charge in [-0.1, -0.05) is 29.8 Å². The molecular formula is C17H14ClFN2O3. The molecule has 2 rings (SSSR count). The van der Waals surface area contributed by atoms with Crippen LogP contribution in [-0.2, 0) is 4.79 Å². The lowest BCUT2D eigenvalue weighted by atomic mass is 10.1. The van der Waals surface area contributed by atoms with Gasteiger partial charge in [-0.2, -0.15) is 5.26 Å². The normalized spacial score (nSPS) is 11.4. The van der Waals surface area contributed by atoms with Crippen LogP contribution in [0.15, 0.2) is 42.5 Å². The van der Waals surface area contributed by atoms with Gasteiger partial charge in [0.1, 0.15) is 17.6 Å². The van der Waals surface area contributed by atoms with Crippen LogP contribution in [0, 0.1) is 17.1 Å². The molecule has 124 valence electrons. The van der Waals surface area contributed by atoms with Gasteiger partial charge in [0.05, 0.1) is 16.7 Å². The van der Waals surface area contributed by atoms with Crippen LogP contribution >= 0.6 is 11.6 Å². The number of halogens is 2. The molecule has 2 aromatic rings. The fourth-order valence-corrected chi connectivity index (χ4v) is 2.04. The van der Waals surface area contributed by atoms with Crippen molar-refractivity contribution in [1.82, 2.24) is 5.32 Å². The average molecular weight is 349 g/mol. The monoisotopic (exact) mass is 348 g/mol. The van der Waals surface area contributed by atoms with Crippen LogP contribution in [0.3, 0.4) is 0 Å². The standard InChI is InChI=1S/C17H14ClFN2O3/c18-13-6-5-11(7-14(13)19)15(22)9-21-17(23)10-24-16-4-2-1-3-12(16)8-20/h1-7,15,22H,9-10H2,(H,21,23). The maximum absolute atomic E-state index is 13.3. The first-order valence-electron chi connectivity index (χ1n) is 7.03. The summed E-state index contributed by atoms with van der Waals surface area (Å²) in [5, 5.41) is 21.3. The van der Waals surface area contributed by atoms with E-state index in [4.69, 9.17) is 21.6 Å². The maximum atomic E-state index is 13.3. The van der Waals surface area contributed by atoms with Gasteiger partial charge in [0.25, 0.3) is 5.91 Å². The van der Waals surface area contributed by atoms with Gasteiger partial charge in [0.15, 0.2) is 6.61 Å². The molecule has 0 spiro atoms. The number of para-hydroxylation sites is 1. The lowest BCUT2D eigenvalue weighted by Crippen LogP contribution is -2.32. The predicted octanol–water partition coefficient (Wildman–Crippen LogP) is 2.58. The summed E-state index contributed by atoms with van der Waals surface area (Å²) in [6.45, 7) is -0.413. The Morgan fingerprint density at radius 1 is 1.38 bits per heavy atom.